The average molecular weight is 327 g/mol. The van der Waals surface area contributed by atoms with Crippen LogP contribution in [0.1, 0.15) is 40.5 Å². The highest BCUT2D eigenvalue weighted by Crippen LogP contribution is 2.25. The molecule has 1 aromatic heterocycles. The van der Waals surface area contributed by atoms with Crippen molar-refractivity contribution >= 4 is 22.7 Å². The molecule has 1 heterocycles. The number of nitrogens with zero attached hydrogens (tertiary/aromatic N) is 2. The lowest BCUT2D eigenvalue weighted by Gasteiger charge is -2.25. The summed E-state index contributed by atoms with van der Waals surface area (Å²) in [6.07, 6.45) is 0.277. The highest BCUT2D eigenvalue weighted by atomic mass is 16.2. The summed E-state index contributed by atoms with van der Waals surface area (Å²) in [6, 6.07) is 5.71. The van der Waals surface area contributed by atoms with Crippen LogP contribution < -0.4 is 5.32 Å². The number of nitrogens with one attached hydrogen (secondary N) is 1. The minimum Gasteiger partial charge on any atom is -0.359 e. The summed E-state index contributed by atoms with van der Waals surface area (Å²) in [6.45, 7) is 7.79. The molecule has 2 rings (SSSR count). The normalized spacial score (nSPS) is 12.1. The Morgan fingerprint density at radius 1 is 1.21 bits per heavy atom. The molecule has 0 aliphatic heterocycles. The summed E-state index contributed by atoms with van der Waals surface area (Å²) in [4.78, 5) is 30.8. The van der Waals surface area contributed by atoms with Gasteiger partial charge in [0.1, 0.15) is 0 Å². The van der Waals surface area contributed by atoms with Crippen LogP contribution in [0.2, 0.25) is 0 Å². The monoisotopic (exact) mass is 327 g/mol. The largest absolute Gasteiger partial charge is 0.359 e. The van der Waals surface area contributed by atoms with Gasteiger partial charge in [-0.05, 0) is 45.4 Å². The van der Waals surface area contributed by atoms with E-state index in [4.69, 9.17) is 0 Å². The van der Waals surface area contributed by atoms with E-state index in [0.717, 1.165) is 27.7 Å². The van der Waals surface area contributed by atoms with Gasteiger partial charge in [0.25, 0.3) is 5.91 Å². The molecule has 0 saturated heterocycles. The van der Waals surface area contributed by atoms with Crippen LogP contribution in [0.3, 0.4) is 0 Å². The zero-order valence-corrected chi connectivity index (χ0v) is 15.2. The number of amides is 2. The smallest absolute Gasteiger partial charge is 0.254 e. The predicted octanol–water partition coefficient (Wildman–Crippen LogP) is 2.76. The zero-order chi connectivity index (χ0) is 18.0. The number of aryl methyl sites for hydroxylation is 3. The number of carbonyl (C=O) groups is 2. The van der Waals surface area contributed by atoms with E-state index in [1.54, 1.807) is 19.0 Å². The molecular formula is C19H25N3O2. The number of rotatable bonds is 4. The Morgan fingerprint density at radius 2 is 1.88 bits per heavy atom. The van der Waals surface area contributed by atoms with Gasteiger partial charge in [0.15, 0.2) is 0 Å². The van der Waals surface area contributed by atoms with Gasteiger partial charge in [-0.2, -0.15) is 0 Å². The molecule has 1 unspecified atom stereocenters. The van der Waals surface area contributed by atoms with Crippen molar-refractivity contribution in [3.05, 3.63) is 40.6 Å². The molecular weight excluding hydrogens is 302 g/mol. The van der Waals surface area contributed by atoms with E-state index in [1.165, 1.54) is 0 Å². The summed E-state index contributed by atoms with van der Waals surface area (Å²) < 4.78 is 0. The van der Waals surface area contributed by atoms with Crippen molar-refractivity contribution in [3.63, 3.8) is 0 Å². The quantitative estimate of drug-likeness (QED) is 0.939. The van der Waals surface area contributed by atoms with Crippen LogP contribution in [0.15, 0.2) is 18.2 Å². The lowest BCUT2D eigenvalue weighted by atomic mass is 10.0. The number of hydrogen-bond acceptors (Lipinski definition) is 3. The molecule has 5 heteroatoms. The molecule has 0 bridgehead atoms. The van der Waals surface area contributed by atoms with Gasteiger partial charge in [-0.3, -0.25) is 14.6 Å². The van der Waals surface area contributed by atoms with Crippen LogP contribution >= 0.6 is 0 Å². The van der Waals surface area contributed by atoms with Crippen molar-refractivity contribution in [3.8, 4) is 0 Å². The summed E-state index contributed by atoms with van der Waals surface area (Å²) in [5.41, 5.74) is 4.46. The van der Waals surface area contributed by atoms with E-state index >= 15 is 0 Å². The number of carbonyl (C=O) groups excluding carboxylic acids is 2. The van der Waals surface area contributed by atoms with Gasteiger partial charge in [-0.1, -0.05) is 11.6 Å². The minimum atomic E-state index is -0.188. The van der Waals surface area contributed by atoms with Gasteiger partial charge in [0, 0.05) is 37.6 Å². The third-order valence-corrected chi connectivity index (χ3v) is 4.35. The van der Waals surface area contributed by atoms with Crippen LogP contribution in [0.5, 0.6) is 0 Å². The lowest BCUT2D eigenvalue weighted by Crippen LogP contribution is -2.38. The fourth-order valence-electron chi connectivity index (χ4n) is 2.88. The molecule has 0 radical (unpaired) electrons. The van der Waals surface area contributed by atoms with Crippen molar-refractivity contribution in [2.75, 3.05) is 14.1 Å². The SMILES string of the molecule is CNC(=O)CC(C)N(C)C(=O)c1cc(C)nc2c(C)cc(C)cc12. The summed E-state index contributed by atoms with van der Waals surface area (Å²) >= 11 is 0. The van der Waals surface area contributed by atoms with Gasteiger partial charge in [-0.25, -0.2) is 0 Å². The number of benzene rings is 1. The standard InChI is InChI=1S/C19H25N3O2/c1-11-7-12(2)18-15(8-11)16(9-13(3)21-18)19(24)22(6)14(4)10-17(23)20-5/h7-9,14H,10H2,1-6H3,(H,20,23). The maximum absolute atomic E-state index is 13.0. The molecule has 1 N–H and O–H groups in total. The molecule has 2 aromatic rings. The number of fused-ring (bicyclic) bond motifs is 1. The van der Waals surface area contributed by atoms with Crippen LogP contribution in [0, 0.1) is 20.8 Å². The summed E-state index contributed by atoms with van der Waals surface area (Å²) in [5, 5.41) is 3.46. The average Bonchev–Trinajstić information content (AvgIpc) is 2.53. The third-order valence-electron chi connectivity index (χ3n) is 4.35. The zero-order valence-electron chi connectivity index (χ0n) is 15.2. The number of aromatic nitrogens is 1. The molecule has 24 heavy (non-hydrogen) atoms. The first-order valence-electron chi connectivity index (χ1n) is 8.11. The van der Waals surface area contributed by atoms with Crippen molar-refractivity contribution in [2.45, 2.75) is 40.2 Å². The first kappa shape index (κ1) is 17.9. The van der Waals surface area contributed by atoms with E-state index in [9.17, 15) is 9.59 Å². The first-order chi connectivity index (χ1) is 11.2. The van der Waals surface area contributed by atoms with Gasteiger partial charge in [0.2, 0.25) is 5.91 Å². The summed E-state index contributed by atoms with van der Waals surface area (Å²) in [5.74, 6) is -0.170. The van der Waals surface area contributed by atoms with Crippen LogP contribution in [-0.4, -0.2) is 41.8 Å². The Bertz CT molecular complexity index is 799. The maximum Gasteiger partial charge on any atom is 0.254 e. The van der Waals surface area contributed by atoms with E-state index in [0.29, 0.717) is 5.56 Å². The summed E-state index contributed by atoms with van der Waals surface area (Å²) in [7, 11) is 3.34. The Kier molecular flexibility index (Phi) is 5.22. The molecule has 0 saturated carbocycles. The topological polar surface area (TPSA) is 62.3 Å². The number of pyridine rings is 1. The van der Waals surface area contributed by atoms with Crippen molar-refractivity contribution in [2.24, 2.45) is 0 Å². The van der Waals surface area contributed by atoms with Gasteiger partial charge in [0.05, 0.1) is 11.1 Å². The molecule has 0 spiro atoms. The molecule has 0 aliphatic carbocycles. The Morgan fingerprint density at radius 3 is 2.50 bits per heavy atom. The van der Waals surface area contributed by atoms with Gasteiger partial charge < -0.3 is 10.2 Å². The predicted molar refractivity (Wildman–Crippen MR) is 96.2 cm³/mol. The molecule has 128 valence electrons. The van der Waals surface area contributed by atoms with Gasteiger partial charge in [-0.15, -0.1) is 0 Å². The second kappa shape index (κ2) is 6.99. The second-order valence-corrected chi connectivity index (χ2v) is 6.43. The third kappa shape index (κ3) is 3.55. The van der Waals surface area contributed by atoms with Crippen molar-refractivity contribution < 1.29 is 9.59 Å². The molecule has 1 atom stereocenters. The van der Waals surface area contributed by atoms with Crippen LogP contribution in [-0.2, 0) is 4.79 Å². The highest BCUT2D eigenvalue weighted by molar-refractivity contribution is 6.07. The Labute approximate surface area is 143 Å². The van der Waals surface area contributed by atoms with Gasteiger partial charge >= 0.3 is 0 Å². The number of hydrogen-bond donors (Lipinski definition) is 1. The molecule has 5 nitrogen and oxygen atoms in total. The molecule has 2 amide bonds. The lowest BCUT2D eigenvalue weighted by molar-refractivity contribution is -0.121. The van der Waals surface area contributed by atoms with E-state index in [-0.39, 0.29) is 24.3 Å². The second-order valence-electron chi connectivity index (χ2n) is 6.43. The molecule has 0 fully saturated rings. The van der Waals surface area contributed by atoms with E-state index in [1.807, 2.05) is 39.8 Å². The Hall–Kier alpha value is -2.43. The first-order valence-corrected chi connectivity index (χ1v) is 8.11. The Balaban J connectivity index is 2.47. The minimum absolute atomic E-state index is 0.0791. The maximum atomic E-state index is 13.0. The van der Waals surface area contributed by atoms with Crippen LogP contribution in [0.4, 0.5) is 0 Å². The van der Waals surface area contributed by atoms with Crippen LogP contribution in [0.25, 0.3) is 10.9 Å². The fourth-order valence-corrected chi connectivity index (χ4v) is 2.88. The van der Waals surface area contributed by atoms with E-state index in [2.05, 4.69) is 16.4 Å². The fraction of sp³-hybridized carbons (Fsp3) is 0.421. The van der Waals surface area contributed by atoms with Crippen molar-refractivity contribution in [1.29, 1.82) is 0 Å². The van der Waals surface area contributed by atoms with Crippen molar-refractivity contribution in [1.82, 2.24) is 15.2 Å². The molecule has 1 aromatic carbocycles. The highest BCUT2D eigenvalue weighted by Gasteiger charge is 2.22. The van der Waals surface area contributed by atoms with E-state index < -0.39 is 0 Å². The molecule has 0 aliphatic rings.